The van der Waals surface area contributed by atoms with Crippen LogP contribution in [0.4, 0.5) is 0 Å². The molecule has 0 unspecified atom stereocenters. The second kappa shape index (κ2) is 7.79. The SMILES string of the molecule is CCn1c(=O)n(C[C@H](O)COc2ccccc2C(C)C)c2ccccc21. The van der Waals surface area contributed by atoms with Crippen molar-refractivity contribution >= 4 is 11.0 Å². The molecule has 1 aromatic heterocycles. The monoisotopic (exact) mass is 354 g/mol. The van der Waals surface area contributed by atoms with Gasteiger partial charge in [0.25, 0.3) is 0 Å². The first-order valence-electron chi connectivity index (χ1n) is 9.10. The third-order valence-corrected chi connectivity index (χ3v) is 4.61. The molecule has 0 spiro atoms. The zero-order chi connectivity index (χ0) is 18.7. The molecule has 26 heavy (non-hydrogen) atoms. The molecule has 138 valence electrons. The van der Waals surface area contributed by atoms with Crippen LogP contribution in [0.3, 0.4) is 0 Å². The predicted octanol–water partition coefficient (Wildman–Crippen LogP) is 3.39. The summed E-state index contributed by atoms with van der Waals surface area (Å²) < 4.78 is 9.19. The van der Waals surface area contributed by atoms with Gasteiger partial charge in [0.2, 0.25) is 0 Å². The maximum absolute atomic E-state index is 12.6. The Balaban J connectivity index is 1.78. The highest BCUT2D eigenvalue weighted by Crippen LogP contribution is 2.26. The molecule has 5 nitrogen and oxygen atoms in total. The standard InChI is InChI=1S/C21H26N2O3/c1-4-22-18-10-6-7-11-19(18)23(21(22)25)13-16(24)14-26-20-12-8-5-9-17(20)15(2)3/h5-12,15-16,24H,4,13-14H2,1-3H3/t16-/m0/s1. The molecule has 0 aliphatic carbocycles. The number of rotatable bonds is 7. The number of hydrogen-bond acceptors (Lipinski definition) is 3. The maximum atomic E-state index is 12.6. The van der Waals surface area contributed by atoms with Crippen molar-refractivity contribution in [3.8, 4) is 5.75 Å². The fourth-order valence-electron chi connectivity index (χ4n) is 3.29. The van der Waals surface area contributed by atoms with Gasteiger partial charge < -0.3 is 9.84 Å². The number of hydrogen-bond donors (Lipinski definition) is 1. The number of imidazole rings is 1. The average Bonchev–Trinajstić information content (AvgIpc) is 2.91. The highest BCUT2D eigenvalue weighted by atomic mass is 16.5. The summed E-state index contributed by atoms with van der Waals surface area (Å²) >= 11 is 0. The van der Waals surface area contributed by atoms with Crippen molar-refractivity contribution in [2.24, 2.45) is 0 Å². The summed E-state index contributed by atoms with van der Waals surface area (Å²) in [5.41, 5.74) is 2.73. The lowest BCUT2D eigenvalue weighted by Gasteiger charge is -2.17. The minimum Gasteiger partial charge on any atom is -0.491 e. The Morgan fingerprint density at radius 1 is 1.00 bits per heavy atom. The topological polar surface area (TPSA) is 56.4 Å². The van der Waals surface area contributed by atoms with E-state index < -0.39 is 6.10 Å². The second-order valence-electron chi connectivity index (χ2n) is 6.78. The number of aliphatic hydroxyl groups excluding tert-OH is 1. The van der Waals surface area contributed by atoms with Gasteiger partial charge in [0.05, 0.1) is 17.6 Å². The Labute approximate surface area is 153 Å². The van der Waals surface area contributed by atoms with Gasteiger partial charge in [-0.15, -0.1) is 0 Å². The van der Waals surface area contributed by atoms with Crippen LogP contribution in [0, 0.1) is 0 Å². The van der Waals surface area contributed by atoms with E-state index in [-0.39, 0.29) is 18.8 Å². The van der Waals surface area contributed by atoms with Crippen LogP contribution in [0.2, 0.25) is 0 Å². The lowest BCUT2D eigenvalue weighted by molar-refractivity contribution is 0.0918. The van der Waals surface area contributed by atoms with Crippen LogP contribution >= 0.6 is 0 Å². The highest BCUT2D eigenvalue weighted by Gasteiger charge is 2.16. The lowest BCUT2D eigenvalue weighted by Crippen LogP contribution is -2.31. The fraction of sp³-hybridized carbons (Fsp3) is 0.381. The molecule has 1 heterocycles. The van der Waals surface area contributed by atoms with E-state index in [9.17, 15) is 9.90 Å². The second-order valence-corrected chi connectivity index (χ2v) is 6.78. The van der Waals surface area contributed by atoms with E-state index in [4.69, 9.17) is 4.74 Å². The van der Waals surface area contributed by atoms with Gasteiger partial charge in [-0.3, -0.25) is 9.13 Å². The fourth-order valence-corrected chi connectivity index (χ4v) is 3.29. The van der Waals surface area contributed by atoms with Gasteiger partial charge in [0, 0.05) is 6.54 Å². The van der Waals surface area contributed by atoms with Crippen molar-refractivity contribution in [3.63, 3.8) is 0 Å². The van der Waals surface area contributed by atoms with Crippen molar-refractivity contribution in [2.75, 3.05) is 6.61 Å². The van der Waals surface area contributed by atoms with E-state index in [0.717, 1.165) is 22.3 Å². The Hall–Kier alpha value is -2.53. The first-order valence-corrected chi connectivity index (χ1v) is 9.10. The molecule has 0 saturated carbocycles. The van der Waals surface area contributed by atoms with Crippen molar-refractivity contribution < 1.29 is 9.84 Å². The van der Waals surface area contributed by atoms with Gasteiger partial charge in [0.15, 0.2) is 0 Å². The highest BCUT2D eigenvalue weighted by molar-refractivity contribution is 5.75. The van der Waals surface area contributed by atoms with Crippen LogP contribution in [-0.2, 0) is 13.1 Å². The molecule has 0 radical (unpaired) electrons. The molecule has 3 aromatic rings. The summed E-state index contributed by atoms with van der Waals surface area (Å²) in [6.45, 7) is 7.11. The van der Waals surface area contributed by atoms with Gasteiger partial charge in [-0.1, -0.05) is 44.2 Å². The Bertz CT molecular complexity index is 940. The summed E-state index contributed by atoms with van der Waals surface area (Å²) in [5, 5.41) is 10.5. The van der Waals surface area contributed by atoms with Crippen LogP contribution in [0.15, 0.2) is 53.3 Å². The molecular weight excluding hydrogens is 328 g/mol. The normalized spacial score (nSPS) is 12.7. The van der Waals surface area contributed by atoms with Gasteiger partial charge in [-0.25, -0.2) is 4.79 Å². The van der Waals surface area contributed by atoms with E-state index in [1.54, 1.807) is 9.13 Å². The zero-order valence-corrected chi connectivity index (χ0v) is 15.6. The van der Waals surface area contributed by atoms with Crippen molar-refractivity contribution in [1.29, 1.82) is 0 Å². The quantitative estimate of drug-likeness (QED) is 0.708. The average molecular weight is 354 g/mol. The number of aryl methyl sites for hydroxylation is 1. The van der Waals surface area contributed by atoms with Gasteiger partial charge in [0.1, 0.15) is 18.5 Å². The molecule has 0 aliphatic rings. The van der Waals surface area contributed by atoms with E-state index in [1.807, 2.05) is 55.5 Å². The van der Waals surface area contributed by atoms with Gasteiger partial charge in [-0.05, 0) is 36.6 Å². The Morgan fingerprint density at radius 3 is 2.27 bits per heavy atom. The van der Waals surface area contributed by atoms with Crippen LogP contribution in [0.25, 0.3) is 11.0 Å². The number of nitrogens with zero attached hydrogens (tertiary/aromatic N) is 2. The van der Waals surface area contributed by atoms with E-state index in [1.165, 1.54) is 0 Å². The van der Waals surface area contributed by atoms with Crippen LogP contribution in [0.1, 0.15) is 32.3 Å². The minimum absolute atomic E-state index is 0.102. The predicted molar refractivity (Wildman–Crippen MR) is 104 cm³/mol. The largest absolute Gasteiger partial charge is 0.491 e. The molecule has 0 amide bonds. The Morgan fingerprint density at radius 2 is 1.62 bits per heavy atom. The summed E-state index contributed by atoms with van der Waals surface area (Å²) in [5.74, 6) is 1.12. The smallest absolute Gasteiger partial charge is 0.329 e. The number of ether oxygens (including phenoxy) is 1. The van der Waals surface area contributed by atoms with Crippen LogP contribution in [-0.4, -0.2) is 27.0 Å². The maximum Gasteiger partial charge on any atom is 0.329 e. The third-order valence-electron chi connectivity index (χ3n) is 4.61. The third kappa shape index (κ3) is 3.53. The van der Waals surface area contributed by atoms with Crippen molar-refractivity contribution in [2.45, 2.75) is 45.9 Å². The minimum atomic E-state index is -0.774. The summed E-state index contributed by atoms with van der Waals surface area (Å²) in [6.07, 6.45) is -0.774. The summed E-state index contributed by atoms with van der Waals surface area (Å²) in [7, 11) is 0. The molecule has 0 fully saturated rings. The lowest BCUT2D eigenvalue weighted by atomic mass is 10.0. The molecule has 1 N–H and O–H groups in total. The Kier molecular flexibility index (Phi) is 5.47. The van der Waals surface area contributed by atoms with Crippen LogP contribution < -0.4 is 10.4 Å². The number of benzene rings is 2. The molecule has 0 saturated heterocycles. The number of aliphatic hydroxyl groups is 1. The van der Waals surface area contributed by atoms with E-state index in [2.05, 4.69) is 13.8 Å². The van der Waals surface area contributed by atoms with Crippen molar-refractivity contribution in [3.05, 3.63) is 64.6 Å². The van der Waals surface area contributed by atoms with Gasteiger partial charge in [-0.2, -0.15) is 0 Å². The molecule has 0 aliphatic heterocycles. The summed E-state index contributed by atoms with van der Waals surface area (Å²) in [4.78, 5) is 12.6. The first-order chi connectivity index (χ1) is 12.5. The molecule has 1 atom stereocenters. The van der Waals surface area contributed by atoms with E-state index >= 15 is 0 Å². The van der Waals surface area contributed by atoms with Crippen molar-refractivity contribution in [1.82, 2.24) is 9.13 Å². The molecular formula is C21H26N2O3. The molecule has 0 bridgehead atoms. The number of fused-ring (bicyclic) bond motifs is 1. The van der Waals surface area contributed by atoms with Gasteiger partial charge >= 0.3 is 5.69 Å². The number of aromatic nitrogens is 2. The van der Waals surface area contributed by atoms with Crippen LogP contribution in [0.5, 0.6) is 5.75 Å². The summed E-state index contributed by atoms with van der Waals surface area (Å²) in [6, 6.07) is 15.5. The first kappa shape index (κ1) is 18.3. The molecule has 2 aromatic carbocycles. The van der Waals surface area contributed by atoms with E-state index in [0.29, 0.717) is 12.5 Å². The molecule has 3 rings (SSSR count). The molecule has 5 heteroatoms. The zero-order valence-electron chi connectivity index (χ0n) is 15.6. The number of para-hydroxylation sites is 3.